The maximum Gasteiger partial charge on any atom is 0.243 e. The SMILES string of the molecule is Cc1cnn(C)c1-c1ccc(C(C)NC(=O)C2CCCN2C(=O)C(c2ccno2)C(C)C)cc1. The number of carbonyl (C=O) groups is 2. The number of aromatic nitrogens is 3. The minimum absolute atomic E-state index is 0.0327. The lowest BCUT2D eigenvalue weighted by molar-refractivity contribution is -0.141. The second kappa shape index (κ2) is 9.83. The van der Waals surface area contributed by atoms with Gasteiger partial charge in [0.2, 0.25) is 11.8 Å². The predicted molar refractivity (Wildman–Crippen MR) is 129 cm³/mol. The van der Waals surface area contributed by atoms with Gasteiger partial charge in [0.15, 0.2) is 0 Å². The Morgan fingerprint density at radius 2 is 1.88 bits per heavy atom. The van der Waals surface area contributed by atoms with Crippen molar-refractivity contribution in [1.82, 2.24) is 25.2 Å². The molecule has 34 heavy (non-hydrogen) atoms. The fourth-order valence-electron chi connectivity index (χ4n) is 4.89. The number of hydrogen-bond acceptors (Lipinski definition) is 5. The Labute approximate surface area is 200 Å². The minimum atomic E-state index is -0.476. The molecule has 2 aromatic heterocycles. The third-order valence-corrected chi connectivity index (χ3v) is 6.70. The van der Waals surface area contributed by atoms with E-state index in [0.29, 0.717) is 18.7 Å². The van der Waals surface area contributed by atoms with E-state index in [2.05, 4.69) is 27.7 Å². The summed E-state index contributed by atoms with van der Waals surface area (Å²) >= 11 is 0. The van der Waals surface area contributed by atoms with E-state index in [9.17, 15) is 9.59 Å². The zero-order valence-electron chi connectivity index (χ0n) is 20.5. The van der Waals surface area contributed by atoms with Crippen molar-refractivity contribution in [2.75, 3.05) is 6.54 Å². The quantitative estimate of drug-likeness (QED) is 0.572. The molecule has 4 rings (SSSR count). The van der Waals surface area contributed by atoms with Crippen LogP contribution in [0.25, 0.3) is 11.3 Å². The van der Waals surface area contributed by atoms with E-state index in [1.165, 1.54) is 0 Å². The summed E-state index contributed by atoms with van der Waals surface area (Å²) in [6.45, 7) is 8.54. The fourth-order valence-corrected chi connectivity index (χ4v) is 4.89. The molecule has 0 bridgehead atoms. The lowest BCUT2D eigenvalue weighted by Crippen LogP contribution is -2.48. The van der Waals surface area contributed by atoms with E-state index in [1.807, 2.05) is 57.8 Å². The van der Waals surface area contributed by atoms with Crippen LogP contribution in [0, 0.1) is 12.8 Å². The highest BCUT2D eigenvalue weighted by molar-refractivity contribution is 5.91. The lowest BCUT2D eigenvalue weighted by atomic mass is 9.91. The van der Waals surface area contributed by atoms with E-state index >= 15 is 0 Å². The molecule has 0 radical (unpaired) electrons. The number of hydrogen-bond donors (Lipinski definition) is 1. The predicted octanol–water partition coefficient (Wildman–Crippen LogP) is 3.99. The zero-order valence-corrected chi connectivity index (χ0v) is 20.5. The number of nitrogens with zero attached hydrogens (tertiary/aromatic N) is 4. The molecule has 0 spiro atoms. The van der Waals surface area contributed by atoms with Crippen LogP contribution < -0.4 is 5.32 Å². The number of carbonyl (C=O) groups excluding carboxylic acids is 2. The highest BCUT2D eigenvalue weighted by Gasteiger charge is 2.40. The van der Waals surface area contributed by atoms with Gasteiger partial charge >= 0.3 is 0 Å². The molecule has 2 amide bonds. The van der Waals surface area contributed by atoms with Crippen LogP contribution in [0.3, 0.4) is 0 Å². The molecule has 1 aliphatic rings. The van der Waals surface area contributed by atoms with Gasteiger partial charge in [0.05, 0.1) is 24.1 Å². The van der Waals surface area contributed by atoms with Crippen molar-refractivity contribution in [2.24, 2.45) is 13.0 Å². The van der Waals surface area contributed by atoms with Crippen molar-refractivity contribution in [3.05, 3.63) is 59.6 Å². The molecule has 1 aromatic carbocycles. The van der Waals surface area contributed by atoms with Gasteiger partial charge in [-0.3, -0.25) is 14.3 Å². The second-order valence-electron chi connectivity index (χ2n) is 9.48. The Kier molecular flexibility index (Phi) is 6.86. The Balaban J connectivity index is 1.45. The molecule has 0 aliphatic carbocycles. The molecule has 3 aromatic rings. The average Bonchev–Trinajstić information content (AvgIpc) is 3.56. The molecule has 1 aliphatic heterocycles. The van der Waals surface area contributed by atoms with Crippen molar-refractivity contribution < 1.29 is 14.1 Å². The van der Waals surface area contributed by atoms with Crippen molar-refractivity contribution >= 4 is 11.8 Å². The Morgan fingerprint density at radius 1 is 1.15 bits per heavy atom. The number of rotatable bonds is 7. The summed E-state index contributed by atoms with van der Waals surface area (Å²) in [5.41, 5.74) is 4.29. The summed E-state index contributed by atoms with van der Waals surface area (Å²) in [6.07, 6.45) is 4.87. The van der Waals surface area contributed by atoms with Gasteiger partial charge in [0.1, 0.15) is 17.7 Å². The molecule has 3 unspecified atom stereocenters. The zero-order chi connectivity index (χ0) is 24.4. The first-order valence-corrected chi connectivity index (χ1v) is 11.9. The monoisotopic (exact) mass is 463 g/mol. The van der Waals surface area contributed by atoms with Gasteiger partial charge in [0.25, 0.3) is 0 Å². The van der Waals surface area contributed by atoms with Crippen LogP contribution in [-0.4, -0.2) is 44.2 Å². The van der Waals surface area contributed by atoms with E-state index in [0.717, 1.165) is 28.8 Å². The van der Waals surface area contributed by atoms with Crippen molar-refractivity contribution in [3.63, 3.8) is 0 Å². The lowest BCUT2D eigenvalue weighted by Gasteiger charge is -2.29. The Bertz CT molecular complexity index is 1110. The summed E-state index contributed by atoms with van der Waals surface area (Å²) in [6, 6.07) is 9.24. The highest BCUT2D eigenvalue weighted by atomic mass is 16.5. The van der Waals surface area contributed by atoms with Crippen LogP contribution >= 0.6 is 0 Å². The van der Waals surface area contributed by atoms with Gasteiger partial charge in [-0.25, -0.2) is 0 Å². The van der Waals surface area contributed by atoms with Crippen LogP contribution in [-0.2, 0) is 16.6 Å². The first-order chi connectivity index (χ1) is 16.3. The number of benzene rings is 1. The molecule has 1 N–H and O–H groups in total. The third-order valence-electron chi connectivity index (χ3n) is 6.70. The van der Waals surface area contributed by atoms with E-state index < -0.39 is 12.0 Å². The minimum Gasteiger partial charge on any atom is -0.361 e. The molecule has 8 nitrogen and oxygen atoms in total. The Morgan fingerprint density at radius 3 is 2.47 bits per heavy atom. The number of aryl methyl sites for hydroxylation is 2. The van der Waals surface area contributed by atoms with E-state index in [1.54, 1.807) is 17.2 Å². The van der Waals surface area contributed by atoms with Gasteiger partial charge in [-0.1, -0.05) is 43.3 Å². The maximum absolute atomic E-state index is 13.4. The molecular weight excluding hydrogens is 430 g/mol. The molecule has 8 heteroatoms. The smallest absolute Gasteiger partial charge is 0.243 e. The molecule has 3 atom stereocenters. The van der Waals surface area contributed by atoms with Crippen LogP contribution in [0.4, 0.5) is 0 Å². The van der Waals surface area contributed by atoms with Gasteiger partial charge in [-0.05, 0) is 43.7 Å². The topological polar surface area (TPSA) is 93.3 Å². The van der Waals surface area contributed by atoms with Crippen LogP contribution in [0.15, 0.2) is 47.2 Å². The summed E-state index contributed by atoms with van der Waals surface area (Å²) in [5.74, 6) is -0.0669. The van der Waals surface area contributed by atoms with Gasteiger partial charge in [0, 0.05) is 25.2 Å². The van der Waals surface area contributed by atoms with Gasteiger partial charge < -0.3 is 14.7 Å². The number of nitrogens with one attached hydrogen (secondary N) is 1. The first kappa shape index (κ1) is 23.7. The summed E-state index contributed by atoms with van der Waals surface area (Å²) in [7, 11) is 1.93. The fraction of sp³-hybridized carbons (Fsp3) is 0.462. The normalized spacial score (nSPS) is 17.7. The molecular formula is C26H33N5O3. The van der Waals surface area contributed by atoms with Gasteiger partial charge in [-0.15, -0.1) is 0 Å². The first-order valence-electron chi connectivity index (χ1n) is 11.9. The highest BCUT2D eigenvalue weighted by Crippen LogP contribution is 2.31. The summed E-state index contributed by atoms with van der Waals surface area (Å²) in [4.78, 5) is 28.3. The second-order valence-corrected chi connectivity index (χ2v) is 9.48. The molecule has 180 valence electrons. The molecule has 3 heterocycles. The van der Waals surface area contributed by atoms with Crippen molar-refractivity contribution in [2.45, 2.75) is 58.5 Å². The summed E-state index contributed by atoms with van der Waals surface area (Å²) in [5, 5.41) is 11.2. The maximum atomic E-state index is 13.4. The summed E-state index contributed by atoms with van der Waals surface area (Å²) < 4.78 is 7.17. The Hall–Kier alpha value is -3.42. The molecule has 1 saturated heterocycles. The molecule has 1 fully saturated rings. The number of amides is 2. The average molecular weight is 464 g/mol. The van der Waals surface area contributed by atoms with Crippen molar-refractivity contribution in [1.29, 1.82) is 0 Å². The van der Waals surface area contributed by atoms with Crippen LogP contribution in [0.5, 0.6) is 0 Å². The van der Waals surface area contributed by atoms with Crippen LogP contribution in [0.2, 0.25) is 0 Å². The van der Waals surface area contributed by atoms with Gasteiger partial charge in [-0.2, -0.15) is 5.10 Å². The van der Waals surface area contributed by atoms with E-state index in [4.69, 9.17) is 4.52 Å². The van der Waals surface area contributed by atoms with E-state index in [-0.39, 0.29) is 23.8 Å². The number of likely N-dealkylation sites (tertiary alicyclic amines) is 1. The van der Waals surface area contributed by atoms with Crippen molar-refractivity contribution in [3.8, 4) is 11.3 Å². The standard InChI is InChI=1S/C26H33N5O3/c1-16(2)23(22-12-13-28-34-22)26(33)31-14-6-7-21(31)25(32)29-18(4)19-8-10-20(11-9-19)24-17(3)15-27-30(24)5/h8-13,15-16,18,21,23H,6-7,14H2,1-5H3,(H,29,32). The van der Waals surface area contributed by atoms with Crippen LogP contribution in [0.1, 0.15) is 62.5 Å². The largest absolute Gasteiger partial charge is 0.361 e. The molecule has 0 saturated carbocycles. The third kappa shape index (κ3) is 4.62.